The van der Waals surface area contributed by atoms with Crippen LogP contribution in [0.4, 0.5) is 0 Å². The molecule has 3 aromatic rings. The van der Waals surface area contributed by atoms with Crippen molar-refractivity contribution in [1.29, 1.82) is 0 Å². The molecule has 0 amide bonds. The molecule has 0 saturated heterocycles. The molecule has 108 valence electrons. The molecule has 0 bridgehead atoms. The molecule has 2 nitrogen and oxygen atoms in total. The van der Waals surface area contributed by atoms with Gasteiger partial charge in [-0.25, -0.2) is 0 Å². The van der Waals surface area contributed by atoms with E-state index in [9.17, 15) is 3.67 Å². The van der Waals surface area contributed by atoms with Gasteiger partial charge in [0.1, 0.15) is 0 Å². The Kier molecular flexibility index (Phi) is 5.06. The quantitative estimate of drug-likeness (QED) is 0.627. The molecule has 3 rings (SSSR count). The predicted octanol–water partition coefficient (Wildman–Crippen LogP) is 2.01. The van der Waals surface area contributed by atoms with Crippen LogP contribution in [0, 0.1) is 0 Å². The van der Waals surface area contributed by atoms with Gasteiger partial charge in [-0.15, -0.1) is 0 Å². The van der Waals surface area contributed by atoms with Gasteiger partial charge in [-0.05, 0) is 0 Å². The Labute approximate surface area is 140 Å². The van der Waals surface area contributed by atoms with Crippen molar-refractivity contribution in [2.45, 2.75) is 0 Å². The SMILES string of the molecule is [O]=[V][O][Ge]([c]1ccccc1)([c]1ccccc1)[c]1ccccc1. The molecule has 0 heterocycles. The summed E-state index contributed by atoms with van der Waals surface area (Å²) in [6.45, 7) is 0. The van der Waals surface area contributed by atoms with Crippen LogP contribution in [0.2, 0.25) is 0 Å². The average Bonchev–Trinajstić information content (AvgIpc) is 2.62. The molecule has 0 saturated carbocycles. The van der Waals surface area contributed by atoms with Crippen molar-refractivity contribution in [3.8, 4) is 0 Å². The van der Waals surface area contributed by atoms with Crippen molar-refractivity contribution >= 4 is 26.8 Å². The maximum atomic E-state index is 11.6. The zero-order valence-electron chi connectivity index (χ0n) is 11.9. The van der Waals surface area contributed by atoms with Crippen LogP contribution < -0.4 is 13.2 Å². The first-order valence-corrected chi connectivity index (χ1v) is 12.2. The van der Waals surface area contributed by atoms with Crippen molar-refractivity contribution in [2.24, 2.45) is 0 Å². The minimum atomic E-state index is -3.34. The summed E-state index contributed by atoms with van der Waals surface area (Å²) in [5.74, 6) is 0. The molecule has 4 heteroatoms. The third-order valence-electron chi connectivity index (χ3n) is 3.72. The van der Waals surface area contributed by atoms with Gasteiger partial charge in [0.25, 0.3) is 0 Å². The predicted molar refractivity (Wildman–Crippen MR) is 85.8 cm³/mol. The van der Waals surface area contributed by atoms with E-state index in [2.05, 4.69) is 36.4 Å². The summed E-state index contributed by atoms with van der Waals surface area (Å²) in [7, 11) is 0. The first kappa shape index (κ1) is 15.4. The standard InChI is InChI=1S/C18H15GeO.O.V/c20-19(16-10-4-1-5-11-16,17-12-6-2-7-13-17)18-14-8-3-9-15-18;;/h1-15H;;/q-1;;+1. The van der Waals surface area contributed by atoms with Crippen LogP contribution in [0.3, 0.4) is 0 Å². The number of rotatable bonds is 5. The molecule has 0 unspecified atom stereocenters. The van der Waals surface area contributed by atoms with Gasteiger partial charge in [0.05, 0.1) is 0 Å². The van der Waals surface area contributed by atoms with Gasteiger partial charge in [-0.3, -0.25) is 0 Å². The van der Waals surface area contributed by atoms with Gasteiger partial charge < -0.3 is 0 Å². The molecule has 0 aliphatic rings. The Morgan fingerprint density at radius 2 is 0.909 bits per heavy atom. The fourth-order valence-corrected chi connectivity index (χ4v) is 13.4. The topological polar surface area (TPSA) is 26.3 Å². The normalized spacial score (nSPS) is 11.1. The molecule has 3 aromatic carbocycles. The van der Waals surface area contributed by atoms with E-state index >= 15 is 0 Å². The van der Waals surface area contributed by atoms with Gasteiger partial charge in [0.2, 0.25) is 0 Å². The monoisotopic (exact) mass is 388 g/mol. The molecule has 0 aromatic heterocycles. The van der Waals surface area contributed by atoms with E-state index in [1.54, 1.807) is 0 Å². The van der Waals surface area contributed by atoms with Crippen LogP contribution >= 0.6 is 0 Å². The molecule has 0 fully saturated rings. The van der Waals surface area contributed by atoms with Gasteiger partial charge in [-0.2, -0.15) is 0 Å². The first-order chi connectivity index (χ1) is 10.9. The maximum absolute atomic E-state index is 11.6. The van der Waals surface area contributed by atoms with Crippen molar-refractivity contribution in [3.05, 3.63) is 91.0 Å². The molecule has 0 N–H and O–H groups in total. The molecule has 0 aliphatic heterocycles. The summed E-state index contributed by atoms with van der Waals surface area (Å²) in [6, 6.07) is 30.7. The van der Waals surface area contributed by atoms with Crippen molar-refractivity contribution < 1.29 is 23.0 Å². The summed E-state index contributed by atoms with van der Waals surface area (Å²) in [5, 5.41) is 0. The van der Waals surface area contributed by atoms with Crippen LogP contribution in [0.25, 0.3) is 0 Å². The summed E-state index contributed by atoms with van der Waals surface area (Å²) in [6.07, 6.45) is 0. The van der Waals surface area contributed by atoms with Crippen LogP contribution in [-0.2, 0) is 23.0 Å². The fraction of sp³-hybridized carbons (Fsp3) is 0. The van der Waals surface area contributed by atoms with Crippen LogP contribution in [0.5, 0.6) is 0 Å². The Hall–Kier alpha value is -1.45. The summed E-state index contributed by atoms with van der Waals surface area (Å²) in [5.41, 5.74) is 0. The summed E-state index contributed by atoms with van der Waals surface area (Å²) in [4.78, 5) is 0. The zero-order chi connectivity index (χ0) is 15.3. The Morgan fingerprint density at radius 3 is 1.18 bits per heavy atom. The van der Waals surface area contributed by atoms with E-state index in [1.165, 1.54) is 0 Å². The number of hydrogen-bond donors (Lipinski definition) is 0. The first-order valence-electron chi connectivity index (χ1n) is 7.05. The van der Waals surface area contributed by atoms with Crippen molar-refractivity contribution in [2.75, 3.05) is 0 Å². The third-order valence-corrected chi connectivity index (χ3v) is 14.5. The second-order valence-electron chi connectivity index (χ2n) is 4.95. The second kappa shape index (κ2) is 7.21. The number of hydrogen-bond acceptors (Lipinski definition) is 2. The summed E-state index contributed by atoms with van der Waals surface area (Å²) >= 11 is -4.72. The second-order valence-corrected chi connectivity index (χ2v) is 13.5. The fourth-order valence-electron chi connectivity index (χ4n) is 2.73. The Morgan fingerprint density at radius 1 is 0.591 bits per heavy atom. The zero-order valence-corrected chi connectivity index (χ0v) is 15.4. The minimum absolute atomic E-state index is 1.16. The summed E-state index contributed by atoms with van der Waals surface area (Å²) < 4.78 is 21.2. The Bertz CT molecular complexity index is 636. The van der Waals surface area contributed by atoms with E-state index in [1.807, 2.05) is 54.6 Å². The Balaban J connectivity index is 2.31. The van der Waals surface area contributed by atoms with E-state index in [0.29, 0.717) is 0 Å². The van der Waals surface area contributed by atoms with Gasteiger partial charge in [0, 0.05) is 0 Å². The molecular formula is C18H15GeO2V. The van der Waals surface area contributed by atoms with Gasteiger partial charge >= 0.3 is 141 Å². The molecule has 0 aliphatic carbocycles. The molecule has 22 heavy (non-hydrogen) atoms. The van der Waals surface area contributed by atoms with Gasteiger partial charge in [0.15, 0.2) is 0 Å². The molecular weight excluding hydrogens is 372 g/mol. The van der Waals surface area contributed by atoms with Gasteiger partial charge in [-0.1, -0.05) is 0 Å². The van der Waals surface area contributed by atoms with Crippen molar-refractivity contribution in [1.82, 2.24) is 0 Å². The molecule has 0 atom stereocenters. The van der Waals surface area contributed by atoms with Crippen LogP contribution in [0.1, 0.15) is 0 Å². The average molecular weight is 387 g/mol. The molecule has 0 radical (unpaired) electrons. The molecule has 0 spiro atoms. The number of benzene rings is 3. The van der Waals surface area contributed by atoms with E-state index < -0.39 is 30.2 Å². The van der Waals surface area contributed by atoms with E-state index in [0.717, 1.165) is 13.2 Å². The third kappa shape index (κ3) is 2.88. The van der Waals surface area contributed by atoms with Crippen molar-refractivity contribution in [3.63, 3.8) is 0 Å². The van der Waals surface area contributed by atoms with Crippen LogP contribution in [0.15, 0.2) is 91.0 Å². The van der Waals surface area contributed by atoms with E-state index in [-0.39, 0.29) is 0 Å². The van der Waals surface area contributed by atoms with Crippen LogP contribution in [-0.4, -0.2) is 13.6 Å². The van der Waals surface area contributed by atoms with E-state index in [4.69, 9.17) is 2.69 Å².